The van der Waals surface area contributed by atoms with Crippen molar-refractivity contribution < 1.29 is 14.3 Å². The molecular weight excluding hydrogens is 230 g/mol. The summed E-state index contributed by atoms with van der Waals surface area (Å²) < 4.78 is 10.0. The molecule has 18 heavy (non-hydrogen) atoms. The standard InChI is InChI=1S/C14H21NO3/c1-14(2,13(16)18-4)15-10-9-11-7-5-6-8-12(11)17-3/h5-8,15H,9-10H2,1-4H3. The first kappa shape index (κ1) is 14.5. The monoisotopic (exact) mass is 251 g/mol. The van der Waals surface area contributed by atoms with Crippen molar-refractivity contribution in [3.05, 3.63) is 29.8 Å². The minimum atomic E-state index is -0.670. The Bertz CT molecular complexity index is 402. The lowest BCUT2D eigenvalue weighted by molar-refractivity contribution is -0.147. The molecule has 1 N–H and O–H groups in total. The molecule has 1 rings (SSSR count). The minimum absolute atomic E-state index is 0.262. The Morgan fingerprint density at radius 2 is 1.94 bits per heavy atom. The molecule has 100 valence electrons. The number of methoxy groups -OCH3 is 2. The number of rotatable bonds is 6. The lowest BCUT2D eigenvalue weighted by atomic mass is 10.1. The molecule has 0 fully saturated rings. The van der Waals surface area contributed by atoms with Gasteiger partial charge < -0.3 is 14.8 Å². The Balaban J connectivity index is 2.54. The summed E-state index contributed by atoms with van der Waals surface area (Å²) in [5.74, 6) is 0.609. The van der Waals surface area contributed by atoms with Gasteiger partial charge in [-0.05, 0) is 31.9 Å². The molecule has 0 radical (unpaired) electrons. The quantitative estimate of drug-likeness (QED) is 0.783. The third-order valence-corrected chi connectivity index (χ3v) is 2.85. The normalized spacial score (nSPS) is 11.1. The van der Waals surface area contributed by atoms with E-state index in [1.165, 1.54) is 7.11 Å². The van der Waals surface area contributed by atoms with E-state index in [0.29, 0.717) is 6.54 Å². The van der Waals surface area contributed by atoms with E-state index in [2.05, 4.69) is 5.32 Å². The second kappa shape index (κ2) is 6.40. The lowest BCUT2D eigenvalue weighted by Gasteiger charge is -2.23. The maximum atomic E-state index is 11.5. The SMILES string of the molecule is COC(=O)C(C)(C)NCCc1ccccc1OC. The van der Waals surface area contributed by atoms with E-state index >= 15 is 0 Å². The summed E-state index contributed by atoms with van der Waals surface area (Å²) in [5.41, 5.74) is 0.449. The molecule has 4 nitrogen and oxygen atoms in total. The predicted octanol–water partition coefficient (Wildman–Crippen LogP) is 1.78. The summed E-state index contributed by atoms with van der Waals surface area (Å²) in [4.78, 5) is 11.5. The van der Waals surface area contributed by atoms with Crippen molar-refractivity contribution in [3.8, 4) is 5.75 Å². The predicted molar refractivity (Wildman–Crippen MR) is 70.8 cm³/mol. The van der Waals surface area contributed by atoms with E-state index in [1.54, 1.807) is 21.0 Å². The zero-order chi connectivity index (χ0) is 13.6. The first-order chi connectivity index (χ1) is 8.51. The van der Waals surface area contributed by atoms with Crippen molar-refractivity contribution in [2.75, 3.05) is 20.8 Å². The van der Waals surface area contributed by atoms with Gasteiger partial charge >= 0.3 is 5.97 Å². The highest BCUT2D eigenvalue weighted by Crippen LogP contribution is 2.17. The topological polar surface area (TPSA) is 47.6 Å². The van der Waals surface area contributed by atoms with E-state index in [0.717, 1.165) is 17.7 Å². The second-order valence-corrected chi connectivity index (χ2v) is 4.61. The maximum Gasteiger partial charge on any atom is 0.325 e. The summed E-state index contributed by atoms with van der Waals surface area (Å²) in [6, 6.07) is 7.86. The molecule has 0 spiro atoms. The van der Waals surface area contributed by atoms with Gasteiger partial charge in [-0.25, -0.2) is 0 Å². The summed E-state index contributed by atoms with van der Waals surface area (Å²) in [6.45, 7) is 4.30. The maximum absolute atomic E-state index is 11.5. The number of ether oxygens (including phenoxy) is 2. The average molecular weight is 251 g/mol. The largest absolute Gasteiger partial charge is 0.496 e. The zero-order valence-electron chi connectivity index (χ0n) is 11.4. The van der Waals surface area contributed by atoms with Crippen LogP contribution in [0.4, 0.5) is 0 Å². The third kappa shape index (κ3) is 3.74. The number of carbonyl (C=O) groups is 1. The number of carbonyl (C=O) groups excluding carboxylic acids is 1. The van der Waals surface area contributed by atoms with Crippen LogP contribution >= 0.6 is 0 Å². The van der Waals surface area contributed by atoms with Gasteiger partial charge in [0.05, 0.1) is 14.2 Å². The van der Waals surface area contributed by atoms with E-state index < -0.39 is 5.54 Å². The molecule has 0 saturated heterocycles. The van der Waals surface area contributed by atoms with Crippen molar-refractivity contribution in [1.82, 2.24) is 5.32 Å². The van der Waals surface area contributed by atoms with Gasteiger partial charge in [-0.1, -0.05) is 18.2 Å². The molecule has 0 aliphatic heterocycles. The van der Waals surface area contributed by atoms with Crippen molar-refractivity contribution in [1.29, 1.82) is 0 Å². The molecule has 0 aliphatic carbocycles. The van der Waals surface area contributed by atoms with Crippen LogP contribution in [0.15, 0.2) is 24.3 Å². The van der Waals surface area contributed by atoms with Crippen LogP contribution in [0.1, 0.15) is 19.4 Å². The van der Waals surface area contributed by atoms with Gasteiger partial charge in [-0.3, -0.25) is 4.79 Å². The van der Waals surface area contributed by atoms with Crippen LogP contribution in [-0.4, -0.2) is 32.3 Å². The first-order valence-corrected chi connectivity index (χ1v) is 5.96. The van der Waals surface area contributed by atoms with Crippen LogP contribution in [0.3, 0.4) is 0 Å². The minimum Gasteiger partial charge on any atom is -0.496 e. The molecule has 4 heteroatoms. The smallest absolute Gasteiger partial charge is 0.325 e. The third-order valence-electron chi connectivity index (χ3n) is 2.85. The van der Waals surface area contributed by atoms with Crippen LogP contribution in [0, 0.1) is 0 Å². The fourth-order valence-electron chi connectivity index (χ4n) is 1.75. The first-order valence-electron chi connectivity index (χ1n) is 5.96. The summed E-state index contributed by atoms with van der Waals surface area (Å²) in [7, 11) is 3.05. The number of benzene rings is 1. The van der Waals surface area contributed by atoms with Crippen LogP contribution in [0.25, 0.3) is 0 Å². The highest BCUT2D eigenvalue weighted by atomic mass is 16.5. The Morgan fingerprint density at radius 1 is 1.28 bits per heavy atom. The molecule has 0 atom stereocenters. The van der Waals surface area contributed by atoms with E-state index in [9.17, 15) is 4.79 Å². The molecule has 0 unspecified atom stereocenters. The fourth-order valence-corrected chi connectivity index (χ4v) is 1.75. The van der Waals surface area contributed by atoms with Crippen molar-refractivity contribution in [2.24, 2.45) is 0 Å². The highest BCUT2D eigenvalue weighted by molar-refractivity contribution is 5.79. The summed E-state index contributed by atoms with van der Waals surface area (Å²) >= 11 is 0. The van der Waals surface area contributed by atoms with Crippen molar-refractivity contribution >= 4 is 5.97 Å². The number of hydrogen-bond acceptors (Lipinski definition) is 4. The molecule has 0 bridgehead atoms. The van der Waals surface area contributed by atoms with E-state index in [1.807, 2.05) is 24.3 Å². The van der Waals surface area contributed by atoms with Gasteiger partial charge in [0.25, 0.3) is 0 Å². The zero-order valence-corrected chi connectivity index (χ0v) is 11.4. The van der Waals surface area contributed by atoms with Crippen molar-refractivity contribution in [2.45, 2.75) is 25.8 Å². The van der Waals surface area contributed by atoms with Gasteiger partial charge in [0.15, 0.2) is 0 Å². The Morgan fingerprint density at radius 3 is 2.56 bits per heavy atom. The molecule has 0 aliphatic rings. The van der Waals surface area contributed by atoms with Gasteiger partial charge in [0, 0.05) is 6.54 Å². The fraction of sp³-hybridized carbons (Fsp3) is 0.500. The molecule has 0 saturated carbocycles. The molecular formula is C14H21NO3. The molecule has 1 aromatic rings. The Hall–Kier alpha value is -1.55. The van der Waals surface area contributed by atoms with Crippen LogP contribution in [0.2, 0.25) is 0 Å². The molecule has 1 aromatic carbocycles. The second-order valence-electron chi connectivity index (χ2n) is 4.61. The Labute approximate surface area is 108 Å². The number of hydrogen-bond donors (Lipinski definition) is 1. The number of nitrogens with one attached hydrogen (secondary N) is 1. The number of para-hydroxylation sites is 1. The molecule has 0 heterocycles. The van der Waals surface area contributed by atoms with E-state index in [4.69, 9.17) is 9.47 Å². The summed E-state index contributed by atoms with van der Waals surface area (Å²) in [6.07, 6.45) is 0.796. The van der Waals surface area contributed by atoms with Gasteiger partial charge in [0.2, 0.25) is 0 Å². The van der Waals surface area contributed by atoms with Gasteiger partial charge in [-0.2, -0.15) is 0 Å². The Kier molecular flexibility index (Phi) is 5.16. The van der Waals surface area contributed by atoms with Gasteiger partial charge in [0.1, 0.15) is 11.3 Å². The average Bonchev–Trinajstić information content (AvgIpc) is 2.38. The van der Waals surface area contributed by atoms with Crippen molar-refractivity contribution in [3.63, 3.8) is 0 Å². The highest BCUT2D eigenvalue weighted by Gasteiger charge is 2.27. The summed E-state index contributed by atoms with van der Waals surface area (Å²) in [5, 5.41) is 3.18. The molecule has 0 amide bonds. The number of esters is 1. The van der Waals surface area contributed by atoms with Crippen LogP contribution in [0.5, 0.6) is 5.75 Å². The molecule has 0 aromatic heterocycles. The van der Waals surface area contributed by atoms with E-state index in [-0.39, 0.29) is 5.97 Å². The van der Waals surface area contributed by atoms with Crippen LogP contribution in [-0.2, 0) is 16.0 Å². The van der Waals surface area contributed by atoms with Gasteiger partial charge in [-0.15, -0.1) is 0 Å². The lowest BCUT2D eigenvalue weighted by Crippen LogP contribution is -2.48. The van der Waals surface area contributed by atoms with Crippen LogP contribution < -0.4 is 10.1 Å².